The number of likely N-dealkylation sites (tertiary alicyclic amines) is 1. The van der Waals surface area contributed by atoms with E-state index in [-0.39, 0.29) is 36.5 Å². The average molecular weight is 390 g/mol. The van der Waals surface area contributed by atoms with Gasteiger partial charge in [-0.2, -0.15) is 0 Å². The van der Waals surface area contributed by atoms with Crippen LogP contribution in [0.1, 0.15) is 32.4 Å². The van der Waals surface area contributed by atoms with Gasteiger partial charge < -0.3 is 26.3 Å². The third kappa shape index (κ3) is 4.00. The molecule has 10 nitrogen and oxygen atoms in total. The minimum Gasteiger partial charge on any atom is -0.368 e. The number of nitrogens with one attached hydrogen (secondary N) is 3. The minimum atomic E-state index is -0.898. The fourth-order valence-corrected chi connectivity index (χ4v) is 4.01. The van der Waals surface area contributed by atoms with Crippen LogP contribution in [0.2, 0.25) is 0 Å². The average Bonchev–Trinajstić information content (AvgIpc) is 3.34. The smallest absolute Gasteiger partial charge is 0.246 e. The number of rotatable bonds is 6. The predicted molar refractivity (Wildman–Crippen MR) is 98.4 cm³/mol. The van der Waals surface area contributed by atoms with E-state index in [1.807, 2.05) is 6.92 Å². The molecule has 0 radical (unpaired) electrons. The van der Waals surface area contributed by atoms with Gasteiger partial charge in [0.2, 0.25) is 23.6 Å². The zero-order valence-electron chi connectivity index (χ0n) is 16.0. The number of imidazole rings is 1. The second-order valence-corrected chi connectivity index (χ2v) is 7.71. The molecule has 1 aromatic heterocycles. The fraction of sp³-hybridized carbons (Fsp3) is 0.611. The number of aromatic nitrogens is 2. The van der Waals surface area contributed by atoms with E-state index in [0.29, 0.717) is 18.7 Å². The maximum atomic E-state index is 13.2. The van der Waals surface area contributed by atoms with E-state index < -0.39 is 29.9 Å². The maximum absolute atomic E-state index is 13.2. The maximum Gasteiger partial charge on any atom is 0.246 e. The highest BCUT2D eigenvalue weighted by Gasteiger charge is 2.42. The molecule has 0 spiro atoms. The van der Waals surface area contributed by atoms with Crippen LogP contribution in [-0.2, 0) is 25.6 Å². The molecule has 10 heteroatoms. The van der Waals surface area contributed by atoms with E-state index in [1.165, 1.54) is 11.2 Å². The number of aromatic amines is 1. The van der Waals surface area contributed by atoms with E-state index >= 15 is 0 Å². The zero-order valence-corrected chi connectivity index (χ0v) is 16.0. The molecular formula is C18H26N6O4. The second kappa shape index (κ2) is 7.99. The van der Waals surface area contributed by atoms with Crippen LogP contribution in [0.5, 0.6) is 0 Å². The van der Waals surface area contributed by atoms with Crippen LogP contribution >= 0.6 is 0 Å². The van der Waals surface area contributed by atoms with E-state index in [9.17, 15) is 19.2 Å². The molecule has 4 amide bonds. The summed E-state index contributed by atoms with van der Waals surface area (Å²) in [7, 11) is 0. The monoisotopic (exact) mass is 390 g/mol. The van der Waals surface area contributed by atoms with Crippen molar-refractivity contribution in [3.05, 3.63) is 18.2 Å². The van der Waals surface area contributed by atoms with Crippen LogP contribution in [-0.4, -0.2) is 63.2 Å². The number of hydrogen-bond donors (Lipinski definition) is 4. The van der Waals surface area contributed by atoms with E-state index in [1.54, 1.807) is 13.1 Å². The number of amides is 4. The number of carbonyl (C=O) groups is 4. The highest BCUT2D eigenvalue weighted by molar-refractivity contribution is 5.96. The normalized spacial score (nSPS) is 28.1. The number of nitrogens with zero attached hydrogens (tertiary/aromatic N) is 2. The second-order valence-electron chi connectivity index (χ2n) is 7.71. The molecule has 28 heavy (non-hydrogen) atoms. The molecule has 2 unspecified atom stereocenters. The lowest BCUT2D eigenvalue weighted by molar-refractivity contribution is -0.141. The first-order valence-corrected chi connectivity index (χ1v) is 9.44. The summed E-state index contributed by atoms with van der Waals surface area (Å²) >= 11 is 0. The van der Waals surface area contributed by atoms with Crippen molar-refractivity contribution in [2.45, 2.75) is 51.2 Å². The fourth-order valence-electron chi connectivity index (χ4n) is 4.01. The molecular weight excluding hydrogens is 364 g/mol. The summed E-state index contributed by atoms with van der Waals surface area (Å²) in [6.45, 7) is 4.08. The number of primary amides is 1. The third-order valence-electron chi connectivity index (χ3n) is 5.54. The number of nitrogens with two attached hydrogens (primary N) is 1. The molecule has 0 aromatic carbocycles. The van der Waals surface area contributed by atoms with Crippen LogP contribution in [0.15, 0.2) is 12.5 Å². The van der Waals surface area contributed by atoms with Crippen molar-refractivity contribution < 1.29 is 19.2 Å². The quantitative estimate of drug-likeness (QED) is 0.475. The Kier molecular flexibility index (Phi) is 5.66. The van der Waals surface area contributed by atoms with E-state index in [0.717, 1.165) is 0 Å². The van der Waals surface area contributed by atoms with Gasteiger partial charge in [-0.15, -0.1) is 0 Å². The number of carbonyl (C=O) groups excluding carboxylic acids is 4. The largest absolute Gasteiger partial charge is 0.368 e. The third-order valence-corrected chi connectivity index (χ3v) is 5.54. The topological polar surface area (TPSA) is 150 Å². The van der Waals surface area contributed by atoms with Crippen molar-refractivity contribution in [3.8, 4) is 0 Å². The molecule has 3 rings (SSSR count). The highest BCUT2D eigenvalue weighted by atomic mass is 16.2. The molecule has 5 N–H and O–H groups in total. The summed E-state index contributed by atoms with van der Waals surface area (Å²) in [6.07, 6.45) is 4.19. The Labute approximate surface area is 162 Å². The van der Waals surface area contributed by atoms with E-state index in [4.69, 9.17) is 5.73 Å². The Morgan fingerprint density at radius 1 is 1.36 bits per heavy atom. The molecule has 3 heterocycles. The Morgan fingerprint density at radius 3 is 2.68 bits per heavy atom. The van der Waals surface area contributed by atoms with Crippen LogP contribution in [0.4, 0.5) is 0 Å². The number of hydrogen-bond acceptors (Lipinski definition) is 5. The summed E-state index contributed by atoms with van der Waals surface area (Å²) < 4.78 is 0. The van der Waals surface area contributed by atoms with Gasteiger partial charge in [-0.05, 0) is 18.3 Å². The van der Waals surface area contributed by atoms with E-state index in [2.05, 4.69) is 20.6 Å². The van der Waals surface area contributed by atoms with Gasteiger partial charge in [-0.3, -0.25) is 19.2 Å². The van der Waals surface area contributed by atoms with Gasteiger partial charge in [0.25, 0.3) is 0 Å². The first-order chi connectivity index (χ1) is 13.3. The standard InChI is InChI=1S/C18H26N6O4/c1-9-3-4-24(15(9)16(19)26)18(28)12(6-11-7-20-8-21-11)22-17(27)14-10(2)5-13(25)23-14/h7-10,12,14-15H,3-6H2,1-2H3,(H2,19,26)(H,20,21)(H,22,27)(H,23,25)/t9?,10?,12-,14-,15-/m0/s1. The van der Waals surface area contributed by atoms with Gasteiger partial charge in [0.15, 0.2) is 0 Å². The van der Waals surface area contributed by atoms with Crippen LogP contribution < -0.4 is 16.4 Å². The summed E-state index contributed by atoms with van der Waals surface area (Å²) in [4.78, 5) is 57.7. The highest BCUT2D eigenvalue weighted by Crippen LogP contribution is 2.25. The predicted octanol–water partition coefficient (Wildman–Crippen LogP) is -1.32. The van der Waals surface area contributed by atoms with Crippen molar-refractivity contribution in [1.82, 2.24) is 25.5 Å². The van der Waals surface area contributed by atoms with Crippen LogP contribution in [0.25, 0.3) is 0 Å². The Morgan fingerprint density at radius 2 is 2.11 bits per heavy atom. The summed E-state index contributed by atoms with van der Waals surface area (Å²) in [5, 5.41) is 5.39. The molecule has 2 aliphatic rings. The van der Waals surface area contributed by atoms with Crippen molar-refractivity contribution >= 4 is 23.6 Å². The van der Waals surface area contributed by atoms with Crippen molar-refractivity contribution in [1.29, 1.82) is 0 Å². The molecule has 2 fully saturated rings. The summed E-state index contributed by atoms with van der Waals surface area (Å²) in [5.74, 6) is -1.74. The molecule has 2 saturated heterocycles. The lowest BCUT2D eigenvalue weighted by Gasteiger charge is -2.29. The minimum absolute atomic E-state index is 0.0425. The lowest BCUT2D eigenvalue weighted by Crippen LogP contribution is -2.57. The van der Waals surface area contributed by atoms with Crippen molar-refractivity contribution in [2.24, 2.45) is 17.6 Å². The SMILES string of the molecule is CC1CC(=O)N[C@@H]1C(=O)N[C@@H](Cc1cnc[nH]1)C(=O)N1CCC(C)[C@H]1C(N)=O. The molecule has 0 bridgehead atoms. The molecule has 2 aliphatic heterocycles. The van der Waals surface area contributed by atoms with Crippen molar-refractivity contribution in [2.75, 3.05) is 6.54 Å². The summed E-state index contributed by atoms with van der Waals surface area (Å²) in [5.41, 5.74) is 6.17. The van der Waals surface area contributed by atoms with Crippen LogP contribution in [0, 0.1) is 11.8 Å². The molecule has 5 atom stereocenters. The first-order valence-electron chi connectivity index (χ1n) is 9.44. The lowest BCUT2D eigenvalue weighted by atomic mass is 10.0. The van der Waals surface area contributed by atoms with Gasteiger partial charge in [-0.25, -0.2) is 4.98 Å². The molecule has 1 aromatic rings. The molecule has 0 saturated carbocycles. The number of H-pyrrole nitrogens is 1. The van der Waals surface area contributed by atoms with Gasteiger partial charge in [0.05, 0.1) is 6.33 Å². The first kappa shape index (κ1) is 19.8. The van der Waals surface area contributed by atoms with Gasteiger partial charge in [0, 0.05) is 31.3 Å². The Balaban J connectivity index is 1.78. The Bertz CT molecular complexity index is 764. The molecule has 0 aliphatic carbocycles. The van der Waals surface area contributed by atoms with Gasteiger partial charge >= 0.3 is 0 Å². The van der Waals surface area contributed by atoms with Crippen molar-refractivity contribution in [3.63, 3.8) is 0 Å². The Hall–Kier alpha value is -2.91. The zero-order chi connectivity index (χ0) is 20.4. The molecule has 152 valence electrons. The van der Waals surface area contributed by atoms with Crippen LogP contribution in [0.3, 0.4) is 0 Å². The summed E-state index contributed by atoms with van der Waals surface area (Å²) in [6, 6.07) is -2.28. The van der Waals surface area contributed by atoms with Gasteiger partial charge in [0.1, 0.15) is 18.1 Å². The van der Waals surface area contributed by atoms with Gasteiger partial charge in [-0.1, -0.05) is 13.8 Å².